The monoisotopic (exact) mass is 312 g/mol. The summed E-state index contributed by atoms with van der Waals surface area (Å²) >= 11 is 0. The Morgan fingerprint density at radius 3 is 2.65 bits per heavy atom. The molecule has 23 heavy (non-hydrogen) atoms. The van der Waals surface area contributed by atoms with Crippen molar-refractivity contribution in [2.45, 2.75) is 6.92 Å². The number of benzene rings is 2. The predicted octanol–water partition coefficient (Wildman–Crippen LogP) is 2.91. The number of aromatic hydroxyl groups is 2. The van der Waals surface area contributed by atoms with E-state index < -0.39 is 0 Å². The summed E-state index contributed by atoms with van der Waals surface area (Å²) in [6.45, 7) is 1.80. The van der Waals surface area contributed by atoms with Gasteiger partial charge in [-0.3, -0.25) is 4.79 Å². The van der Waals surface area contributed by atoms with Gasteiger partial charge in [0, 0.05) is 12.1 Å². The topological polar surface area (TPSA) is 89.1 Å². The molecule has 0 fully saturated rings. The van der Waals surface area contributed by atoms with Crippen LogP contribution in [-0.4, -0.2) is 17.0 Å². The van der Waals surface area contributed by atoms with E-state index in [4.69, 9.17) is 13.9 Å². The van der Waals surface area contributed by atoms with Crippen LogP contribution in [-0.2, 0) is 0 Å². The Labute approximate surface area is 130 Å². The molecule has 0 amide bonds. The number of phenols is 2. The lowest BCUT2D eigenvalue weighted by Gasteiger charge is -2.09. The molecule has 2 heterocycles. The molecule has 0 atom stereocenters. The standard InChI is InChI=1S/C17H12O6/c1-8-15(9-2-3-12-13(4-9)22-7-21-12)17(20)16-11(19)5-10(18)6-14(16)23-8/h2-6,18-19H,7H2,1H3. The third kappa shape index (κ3) is 1.99. The number of fused-ring (bicyclic) bond motifs is 2. The number of hydrogen-bond donors (Lipinski definition) is 2. The van der Waals surface area contributed by atoms with Gasteiger partial charge in [0.2, 0.25) is 12.2 Å². The molecule has 6 nitrogen and oxygen atoms in total. The maximum absolute atomic E-state index is 12.8. The number of phenolic OH excluding ortho intramolecular Hbond substituents is 2. The van der Waals surface area contributed by atoms with Gasteiger partial charge in [0.25, 0.3) is 0 Å². The molecule has 2 aromatic carbocycles. The van der Waals surface area contributed by atoms with Gasteiger partial charge in [0.15, 0.2) is 11.5 Å². The third-order valence-corrected chi connectivity index (χ3v) is 3.80. The van der Waals surface area contributed by atoms with Gasteiger partial charge in [-0.2, -0.15) is 0 Å². The lowest BCUT2D eigenvalue weighted by atomic mass is 10.0. The summed E-state index contributed by atoms with van der Waals surface area (Å²) in [6.07, 6.45) is 0. The molecule has 1 aliphatic rings. The first-order chi connectivity index (χ1) is 11.0. The van der Waals surface area contributed by atoms with E-state index in [1.807, 2.05) is 0 Å². The lowest BCUT2D eigenvalue weighted by Crippen LogP contribution is -2.07. The van der Waals surface area contributed by atoms with Crippen molar-refractivity contribution in [1.82, 2.24) is 0 Å². The Balaban J connectivity index is 2.03. The third-order valence-electron chi connectivity index (χ3n) is 3.80. The maximum atomic E-state index is 12.8. The molecule has 0 unspecified atom stereocenters. The summed E-state index contributed by atoms with van der Waals surface area (Å²) in [6, 6.07) is 7.56. The van der Waals surface area contributed by atoms with Crippen LogP contribution in [0.3, 0.4) is 0 Å². The molecule has 1 aliphatic heterocycles. The van der Waals surface area contributed by atoms with Crippen LogP contribution in [0.2, 0.25) is 0 Å². The first kappa shape index (κ1) is 13.5. The fourth-order valence-electron chi connectivity index (χ4n) is 2.78. The minimum Gasteiger partial charge on any atom is -0.508 e. The van der Waals surface area contributed by atoms with Crippen LogP contribution < -0.4 is 14.9 Å². The van der Waals surface area contributed by atoms with Gasteiger partial charge >= 0.3 is 0 Å². The number of aryl methyl sites for hydroxylation is 1. The molecule has 0 aliphatic carbocycles. The van der Waals surface area contributed by atoms with Crippen LogP contribution >= 0.6 is 0 Å². The van der Waals surface area contributed by atoms with Gasteiger partial charge in [-0.25, -0.2) is 0 Å². The minimum atomic E-state index is -0.375. The van der Waals surface area contributed by atoms with Gasteiger partial charge in [-0.15, -0.1) is 0 Å². The Hall–Kier alpha value is -3.15. The molecule has 3 aromatic rings. The largest absolute Gasteiger partial charge is 0.508 e. The zero-order valence-corrected chi connectivity index (χ0v) is 12.1. The smallest absolute Gasteiger partial charge is 0.231 e. The fourth-order valence-corrected chi connectivity index (χ4v) is 2.78. The Kier molecular flexibility index (Phi) is 2.74. The summed E-state index contributed by atoms with van der Waals surface area (Å²) in [4.78, 5) is 12.8. The highest BCUT2D eigenvalue weighted by Gasteiger charge is 2.20. The van der Waals surface area contributed by atoms with Crippen molar-refractivity contribution < 1.29 is 24.1 Å². The van der Waals surface area contributed by atoms with Crippen molar-refractivity contribution in [2.75, 3.05) is 6.79 Å². The average Bonchev–Trinajstić information content (AvgIpc) is 2.93. The van der Waals surface area contributed by atoms with E-state index in [0.717, 1.165) is 6.07 Å². The second-order valence-electron chi connectivity index (χ2n) is 5.27. The van der Waals surface area contributed by atoms with Crippen LogP contribution in [0.4, 0.5) is 0 Å². The molecule has 1 aromatic heterocycles. The van der Waals surface area contributed by atoms with Crippen LogP contribution in [0.1, 0.15) is 5.76 Å². The van der Waals surface area contributed by atoms with E-state index in [0.29, 0.717) is 28.4 Å². The highest BCUT2D eigenvalue weighted by molar-refractivity contribution is 5.89. The Bertz CT molecular complexity index is 1000. The molecule has 0 saturated heterocycles. The highest BCUT2D eigenvalue weighted by Crippen LogP contribution is 2.37. The molecule has 0 saturated carbocycles. The van der Waals surface area contributed by atoms with E-state index >= 15 is 0 Å². The highest BCUT2D eigenvalue weighted by atomic mass is 16.7. The van der Waals surface area contributed by atoms with Gasteiger partial charge in [-0.05, 0) is 24.6 Å². The molecular formula is C17H12O6. The Morgan fingerprint density at radius 1 is 1.04 bits per heavy atom. The first-order valence-corrected chi connectivity index (χ1v) is 6.94. The SMILES string of the molecule is Cc1oc2cc(O)cc(O)c2c(=O)c1-c1ccc2c(c1)OCO2. The zero-order valence-electron chi connectivity index (χ0n) is 12.1. The summed E-state index contributed by atoms with van der Waals surface area (Å²) in [5, 5.41) is 19.5. The molecule has 6 heteroatoms. The van der Waals surface area contributed by atoms with Gasteiger partial charge in [0.05, 0.1) is 5.56 Å². The van der Waals surface area contributed by atoms with Crippen LogP contribution in [0.5, 0.6) is 23.0 Å². The van der Waals surface area contributed by atoms with Crippen molar-refractivity contribution >= 4 is 11.0 Å². The van der Waals surface area contributed by atoms with E-state index in [-0.39, 0.29) is 34.7 Å². The number of rotatable bonds is 1. The Morgan fingerprint density at radius 2 is 1.83 bits per heavy atom. The normalized spacial score (nSPS) is 12.7. The summed E-state index contributed by atoms with van der Waals surface area (Å²) < 4.78 is 16.2. The molecule has 0 bridgehead atoms. The number of ether oxygens (including phenoxy) is 2. The summed E-state index contributed by atoms with van der Waals surface area (Å²) in [5.74, 6) is 1.05. The van der Waals surface area contributed by atoms with E-state index in [1.54, 1.807) is 25.1 Å². The van der Waals surface area contributed by atoms with E-state index in [9.17, 15) is 15.0 Å². The summed E-state index contributed by atoms with van der Waals surface area (Å²) in [5.41, 5.74) is 0.696. The van der Waals surface area contributed by atoms with Crippen molar-refractivity contribution in [3.63, 3.8) is 0 Å². The average molecular weight is 312 g/mol. The molecule has 0 radical (unpaired) electrons. The second-order valence-corrected chi connectivity index (χ2v) is 5.27. The van der Waals surface area contributed by atoms with Gasteiger partial charge in [-0.1, -0.05) is 6.07 Å². The van der Waals surface area contributed by atoms with Crippen molar-refractivity contribution in [3.05, 3.63) is 46.3 Å². The zero-order chi connectivity index (χ0) is 16.1. The van der Waals surface area contributed by atoms with Crippen molar-refractivity contribution in [3.8, 4) is 34.1 Å². The molecule has 0 spiro atoms. The quantitative estimate of drug-likeness (QED) is 0.718. The van der Waals surface area contributed by atoms with Crippen LogP contribution in [0.15, 0.2) is 39.5 Å². The molecular weight excluding hydrogens is 300 g/mol. The minimum absolute atomic E-state index is 0.0288. The lowest BCUT2D eigenvalue weighted by molar-refractivity contribution is 0.174. The van der Waals surface area contributed by atoms with Gasteiger partial charge in [0.1, 0.15) is 28.2 Å². The van der Waals surface area contributed by atoms with Crippen molar-refractivity contribution in [1.29, 1.82) is 0 Å². The van der Waals surface area contributed by atoms with E-state index in [1.165, 1.54) is 6.07 Å². The maximum Gasteiger partial charge on any atom is 0.231 e. The van der Waals surface area contributed by atoms with E-state index in [2.05, 4.69) is 0 Å². The fraction of sp³-hybridized carbons (Fsp3) is 0.118. The molecule has 4 rings (SSSR count). The number of hydrogen-bond acceptors (Lipinski definition) is 6. The van der Waals surface area contributed by atoms with Crippen LogP contribution in [0.25, 0.3) is 22.1 Å². The van der Waals surface area contributed by atoms with Crippen molar-refractivity contribution in [2.24, 2.45) is 0 Å². The second kappa shape index (κ2) is 4.67. The predicted molar refractivity (Wildman–Crippen MR) is 82.1 cm³/mol. The van der Waals surface area contributed by atoms with Gasteiger partial charge < -0.3 is 24.1 Å². The first-order valence-electron chi connectivity index (χ1n) is 6.94. The summed E-state index contributed by atoms with van der Waals surface area (Å²) in [7, 11) is 0. The van der Waals surface area contributed by atoms with Crippen LogP contribution in [0, 0.1) is 6.92 Å². The molecule has 2 N–H and O–H groups in total. The molecule has 116 valence electrons.